The lowest BCUT2D eigenvalue weighted by molar-refractivity contribution is 0.340. The molecule has 2 aromatic heterocycles. The number of nitrogens with zero attached hydrogens (tertiary/aromatic N) is 3. The van der Waals surface area contributed by atoms with Crippen LogP contribution in [0.1, 0.15) is 6.92 Å². The standard InChI is InChI=1S/C27H23N3O5/c1-4-34-19-12-9-17(10-13-19)25-28-26(35-29-25)22-16-30(27(31)21-8-6-5-7-20(21)22)18-11-14-23(32-2)24(15-18)33-3/h5-16H,4H2,1-3H3. The molecule has 3 aromatic carbocycles. The largest absolute Gasteiger partial charge is 0.494 e. The number of fused-ring (bicyclic) bond motifs is 1. The smallest absolute Gasteiger partial charge is 0.262 e. The van der Waals surface area contributed by atoms with Gasteiger partial charge < -0.3 is 18.7 Å². The summed E-state index contributed by atoms with van der Waals surface area (Å²) in [5.74, 6) is 2.60. The molecule has 0 atom stereocenters. The molecular weight excluding hydrogens is 446 g/mol. The predicted molar refractivity (Wildman–Crippen MR) is 133 cm³/mol. The summed E-state index contributed by atoms with van der Waals surface area (Å²) in [6.45, 7) is 2.53. The molecule has 8 nitrogen and oxygen atoms in total. The average Bonchev–Trinajstić information content (AvgIpc) is 3.39. The Bertz CT molecular complexity index is 1550. The van der Waals surface area contributed by atoms with Crippen molar-refractivity contribution in [2.45, 2.75) is 6.92 Å². The number of hydrogen-bond donors (Lipinski definition) is 0. The van der Waals surface area contributed by atoms with Gasteiger partial charge in [0, 0.05) is 28.6 Å². The van der Waals surface area contributed by atoms with Crippen LogP contribution in [0.4, 0.5) is 0 Å². The molecule has 0 saturated heterocycles. The highest BCUT2D eigenvalue weighted by Gasteiger charge is 2.18. The van der Waals surface area contributed by atoms with Crippen LogP contribution in [0.2, 0.25) is 0 Å². The summed E-state index contributed by atoms with van der Waals surface area (Å²) < 4.78 is 23.5. The zero-order valence-corrected chi connectivity index (χ0v) is 19.5. The fourth-order valence-electron chi connectivity index (χ4n) is 3.95. The Morgan fingerprint density at radius 3 is 2.37 bits per heavy atom. The molecule has 0 aliphatic rings. The summed E-state index contributed by atoms with van der Waals surface area (Å²) in [5.41, 5.74) is 1.87. The molecule has 0 unspecified atom stereocenters. The van der Waals surface area contributed by atoms with Crippen molar-refractivity contribution >= 4 is 10.8 Å². The van der Waals surface area contributed by atoms with E-state index in [2.05, 4.69) is 10.1 Å². The highest BCUT2D eigenvalue weighted by Crippen LogP contribution is 2.32. The van der Waals surface area contributed by atoms with E-state index in [1.54, 1.807) is 49.2 Å². The summed E-state index contributed by atoms with van der Waals surface area (Å²) in [4.78, 5) is 18.0. The normalized spacial score (nSPS) is 10.9. The van der Waals surface area contributed by atoms with E-state index in [0.717, 1.165) is 16.7 Å². The molecule has 0 N–H and O–H groups in total. The van der Waals surface area contributed by atoms with Crippen molar-refractivity contribution in [3.63, 3.8) is 0 Å². The maximum Gasteiger partial charge on any atom is 0.262 e. The lowest BCUT2D eigenvalue weighted by atomic mass is 10.1. The number of rotatable bonds is 7. The predicted octanol–water partition coefficient (Wildman–Crippen LogP) is 5.12. The molecule has 0 bridgehead atoms. The first-order valence-corrected chi connectivity index (χ1v) is 11.1. The van der Waals surface area contributed by atoms with E-state index in [1.807, 2.05) is 49.4 Å². The van der Waals surface area contributed by atoms with E-state index in [1.165, 1.54) is 0 Å². The second-order valence-corrected chi connectivity index (χ2v) is 7.68. The van der Waals surface area contributed by atoms with Gasteiger partial charge in [-0.05, 0) is 49.4 Å². The first kappa shape index (κ1) is 22.2. The number of methoxy groups -OCH3 is 2. The average molecular weight is 469 g/mol. The molecule has 0 aliphatic carbocycles. The molecule has 5 rings (SSSR count). The van der Waals surface area contributed by atoms with Crippen LogP contribution < -0.4 is 19.8 Å². The van der Waals surface area contributed by atoms with Crippen molar-refractivity contribution in [2.75, 3.05) is 20.8 Å². The number of ether oxygens (including phenoxy) is 3. The Hall–Kier alpha value is -4.59. The van der Waals surface area contributed by atoms with Gasteiger partial charge in [0.15, 0.2) is 11.5 Å². The molecule has 8 heteroatoms. The van der Waals surface area contributed by atoms with Crippen LogP contribution in [0.5, 0.6) is 17.2 Å². The molecule has 0 spiro atoms. The number of pyridine rings is 1. The zero-order valence-electron chi connectivity index (χ0n) is 19.5. The third kappa shape index (κ3) is 4.10. The Morgan fingerprint density at radius 1 is 0.914 bits per heavy atom. The van der Waals surface area contributed by atoms with Crippen LogP contribution in [-0.4, -0.2) is 35.5 Å². The van der Waals surface area contributed by atoms with E-state index in [0.29, 0.717) is 46.5 Å². The van der Waals surface area contributed by atoms with Gasteiger partial charge in [-0.2, -0.15) is 4.98 Å². The van der Waals surface area contributed by atoms with E-state index in [4.69, 9.17) is 18.7 Å². The molecule has 0 amide bonds. The van der Waals surface area contributed by atoms with Crippen LogP contribution in [0.25, 0.3) is 39.3 Å². The molecule has 35 heavy (non-hydrogen) atoms. The minimum absolute atomic E-state index is 0.178. The second kappa shape index (κ2) is 9.34. The molecule has 0 fully saturated rings. The Kier molecular flexibility index (Phi) is 5.93. The van der Waals surface area contributed by atoms with E-state index >= 15 is 0 Å². The minimum atomic E-state index is -0.178. The lowest BCUT2D eigenvalue weighted by Gasteiger charge is -2.13. The summed E-state index contributed by atoms with van der Waals surface area (Å²) in [6, 6.07) is 20.1. The maximum absolute atomic E-state index is 13.4. The van der Waals surface area contributed by atoms with Crippen molar-refractivity contribution in [1.29, 1.82) is 0 Å². The first-order valence-electron chi connectivity index (χ1n) is 11.1. The molecule has 0 saturated carbocycles. The van der Waals surface area contributed by atoms with Gasteiger partial charge in [-0.1, -0.05) is 23.4 Å². The Labute approximate surface area is 201 Å². The van der Waals surface area contributed by atoms with Gasteiger partial charge in [0.2, 0.25) is 5.82 Å². The van der Waals surface area contributed by atoms with Gasteiger partial charge in [0.05, 0.1) is 32.1 Å². The highest BCUT2D eigenvalue weighted by atomic mass is 16.5. The fraction of sp³-hybridized carbons (Fsp3) is 0.148. The van der Waals surface area contributed by atoms with Crippen LogP contribution in [-0.2, 0) is 0 Å². The van der Waals surface area contributed by atoms with Crippen LogP contribution in [0.3, 0.4) is 0 Å². The SMILES string of the molecule is CCOc1ccc(-c2noc(-c3cn(-c4ccc(OC)c(OC)c4)c(=O)c4ccccc34)n2)cc1. The summed E-state index contributed by atoms with van der Waals surface area (Å²) in [7, 11) is 3.12. The molecule has 0 aliphatic heterocycles. The molecule has 0 radical (unpaired) electrons. The van der Waals surface area contributed by atoms with Crippen molar-refractivity contribution in [1.82, 2.24) is 14.7 Å². The summed E-state index contributed by atoms with van der Waals surface area (Å²) in [6.07, 6.45) is 1.71. The second-order valence-electron chi connectivity index (χ2n) is 7.68. The molecule has 176 valence electrons. The van der Waals surface area contributed by atoms with Gasteiger partial charge in [-0.15, -0.1) is 0 Å². The Morgan fingerprint density at radius 2 is 1.66 bits per heavy atom. The Balaban J connectivity index is 1.64. The summed E-state index contributed by atoms with van der Waals surface area (Å²) >= 11 is 0. The van der Waals surface area contributed by atoms with Crippen molar-refractivity contribution in [2.24, 2.45) is 0 Å². The van der Waals surface area contributed by atoms with E-state index in [-0.39, 0.29) is 5.56 Å². The number of hydrogen-bond acceptors (Lipinski definition) is 7. The number of benzene rings is 3. The van der Waals surface area contributed by atoms with E-state index in [9.17, 15) is 4.79 Å². The van der Waals surface area contributed by atoms with Crippen LogP contribution in [0, 0.1) is 0 Å². The van der Waals surface area contributed by atoms with Gasteiger partial charge in [-0.3, -0.25) is 9.36 Å². The van der Waals surface area contributed by atoms with Gasteiger partial charge in [-0.25, -0.2) is 0 Å². The third-order valence-electron chi connectivity index (χ3n) is 5.65. The minimum Gasteiger partial charge on any atom is -0.494 e. The van der Waals surface area contributed by atoms with Gasteiger partial charge >= 0.3 is 0 Å². The lowest BCUT2D eigenvalue weighted by Crippen LogP contribution is -2.18. The monoisotopic (exact) mass is 469 g/mol. The van der Waals surface area contributed by atoms with Crippen LogP contribution >= 0.6 is 0 Å². The van der Waals surface area contributed by atoms with Crippen molar-refractivity contribution in [3.05, 3.63) is 83.3 Å². The molecular formula is C27H23N3O5. The van der Waals surface area contributed by atoms with Gasteiger partial charge in [0.25, 0.3) is 11.4 Å². The molecule has 5 aromatic rings. The van der Waals surface area contributed by atoms with E-state index < -0.39 is 0 Å². The van der Waals surface area contributed by atoms with Crippen molar-refractivity contribution < 1.29 is 18.7 Å². The van der Waals surface area contributed by atoms with Gasteiger partial charge in [0.1, 0.15) is 5.75 Å². The number of aromatic nitrogens is 3. The fourth-order valence-corrected chi connectivity index (χ4v) is 3.95. The first-order chi connectivity index (χ1) is 17.1. The quantitative estimate of drug-likeness (QED) is 0.327. The highest BCUT2D eigenvalue weighted by molar-refractivity contribution is 5.94. The maximum atomic E-state index is 13.4. The third-order valence-corrected chi connectivity index (χ3v) is 5.65. The van der Waals surface area contributed by atoms with Crippen LogP contribution in [0.15, 0.2) is 82.2 Å². The topological polar surface area (TPSA) is 88.6 Å². The zero-order chi connectivity index (χ0) is 24.4. The van der Waals surface area contributed by atoms with Crippen molar-refractivity contribution in [3.8, 4) is 45.8 Å². The molecule has 2 heterocycles. The summed E-state index contributed by atoms with van der Waals surface area (Å²) in [5, 5.41) is 5.42.